The molecular formula is C59H68ClFN10O8S. The summed E-state index contributed by atoms with van der Waals surface area (Å²) in [7, 11) is 3.40. The van der Waals surface area contributed by atoms with Crippen LogP contribution in [0.15, 0.2) is 84.8 Å². The molecular weight excluding hydrogens is 1060 g/mol. The zero-order chi connectivity index (χ0) is 56.5. The second-order valence-electron chi connectivity index (χ2n) is 20.5. The van der Waals surface area contributed by atoms with Crippen molar-refractivity contribution in [2.45, 2.75) is 76.4 Å². The number of carbonyl (C=O) groups is 5. The second kappa shape index (κ2) is 26.3. The van der Waals surface area contributed by atoms with Crippen molar-refractivity contribution >= 4 is 85.8 Å². The highest BCUT2D eigenvalue weighted by atomic mass is 35.5. The van der Waals surface area contributed by atoms with Gasteiger partial charge >= 0.3 is 0 Å². The van der Waals surface area contributed by atoms with Crippen LogP contribution in [0.3, 0.4) is 0 Å². The number of nitrogens with one attached hydrogen (secondary N) is 3. The summed E-state index contributed by atoms with van der Waals surface area (Å²) in [5.74, 6) is -0.599. The van der Waals surface area contributed by atoms with Crippen molar-refractivity contribution in [1.82, 2.24) is 40.3 Å². The number of aromatic nitrogens is 3. The maximum atomic E-state index is 17.0. The standard InChI is InChI=1S/C59H68ClFN10O8S/c1-5-48(73)69-23-25-70(26-24-69)55-44-34-45(60)50(43-33-40(72)31-38-15-9-10-18-42(38)43)51(61)53(44)66-59(67-55)63-21-20-49(74)68(4)27-28-78-29-30-79-41-17-11-16-39(32-41)54(75)46-35-80-57(64-46)47-19-12-22-71(47)58(77)52(37-13-7-6-8-14-37)65-56(76)36(2)62-3/h5,9-11,15-18,31-37,47,52,62,72H,1,6-8,12-14,19-30H2,2-4H3,(H,65,76)(H,63,66,67)/t36-,47-,52-/m0/s1. The first-order valence-corrected chi connectivity index (χ1v) is 28.6. The minimum atomic E-state index is -0.701. The molecule has 4 heterocycles. The lowest BCUT2D eigenvalue weighted by atomic mass is 9.83. The molecule has 1 saturated carbocycles. The molecule has 0 radical (unpaired) electrons. The lowest BCUT2D eigenvalue weighted by Gasteiger charge is -2.35. The number of benzene rings is 4. The molecule has 3 aliphatic rings. The fourth-order valence-corrected chi connectivity index (χ4v) is 12.0. The molecule has 2 saturated heterocycles. The SMILES string of the molecule is C=CC(=O)N1CCN(c2nc(NCCC(=O)N(C)CCOCCOc3cccc(C(=O)c4csc([C@@H]5CCCN5C(=O)[C@@H](NC(=O)[C@H](C)NC)C5CCCCC5)n4)c3)nc3c(F)c(-c4cc(O)cc5ccccc45)c(Cl)cc23)CC1. The number of hydrogen-bond acceptors (Lipinski definition) is 15. The molecule has 18 nitrogen and oxygen atoms in total. The number of likely N-dealkylation sites (tertiary alicyclic amines) is 1. The van der Waals surface area contributed by atoms with Crippen molar-refractivity contribution in [3.05, 3.63) is 112 Å². The van der Waals surface area contributed by atoms with E-state index in [0.717, 1.165) is 44.9 Å². The van der Waals surface area contributed by atoms with Gasteiger partial charge in [-0.1, -0.05) is 73.8 Å². The number of ketones is 1. The number of phenolic OH excluding ortho intramolecular Hbond substituents is 1. The summed E-state index contributed by atoms with van der Waals surface area (Å²) in [6.07, 6.45) is 7.84. The van der Waals surface area contributed by atoms with E-state index < -0.39 is 17.9 Å². The van der Waals surface area contributed by atoms with Crippen LogP contribution in [0.1, 0.15) is 85.4 Å². The number of likely N-dealkylation sites (N-methyl/N-ethyl adjacent to an activating group) is 2. The minimum absolute atomic E-state index is 0.00453. The Hall–Kier alpha value is -7.26. The monoisotopic (exact) mass is 1130 g/mol. The second-order valence-corrected chi connectivity index (χ2v) is 21.8. The molecule has 1 aliphatic carbocycles. The number of fused-ring (bicyclic) bond motifs is 2. The zero-order valence-electron chi connectivity index (χ0n) is 45.3. The zero-order valence-corrected chi connectivity index (χ0v) is 46.9. The van der Waals surface area contributed by atoms with Gasteiger partial charge in [0.1, 0.15) is 46.2 Å². The highest BCUT2D eigenvalue weighted by Gasteiger charge is 2.40. The number of ether oxygens (including phenoxy) is 2. The summed E-state index contributed by atoms with van der Waals surface area (Å²) in [5, 5.41) is 24.1. The largest absolute Gasteiger partial charge is 0.508 e. The predicted molar refractivity (Wildman–Crippen MR) is 308 cm³/mol. The molecule has 422 valence electrons. The van der Waals surface area contributed by atoms with Gasteiger partial charge in [-0.05, 0) is 98.3 Å². The van der Waals surface area contributed by atoms with Crippen molar-refractivity contribution in [2.24, 2.45) is 5.92 Å². The number of rotatable bonds is 22. The number of anilines is 2. The third kappa shape index (κ3) is 13.2. The molecule has 3 atom stereocenters. The normalized spacial score (nSPS) is 16.6. The molecule has 21 heteroatoms. The maximum Gasteiger partial charge on any atom is 0.246 e. The predicted octanol–water partition coefficient (Wildman–Crippen LogP) is 8.16. The average Bonchev–Trinajstić information content (AvgIpc) is 4.29. The molecule has 4 aromatic carbocycles. The van der Waals surface area contributed by atoms with Crippen LogP contribution in [0.25, 0.3) is 32.8 Å². The van der Waals surface area contributed by atoms with Crippen LogP contribution in [-0.2, 0) is 23.9 Å². The summed E-state index contributed by atoms with van der Waals surface area (Å²) in [4.78, 5) is 88.0. The van der Waals surface area contributed by atoms with Gasteiger partial charge in [0.2, 0.25) is 35.4 Å². The van der Waals surface area contributed by atoms with Crippen molar-refractivity contribution in [2.75, 3.05) is 89.9 Å². The van der Waals surface area contributed by atoms with Crippen molar-refractivity contribution in [3.63, 3.8) is 0 Å². The quantitative estimate of drug-likeness (QED) is 0.0287. The lowest BCUT2D eigenvalue weighted by molar-refractivity contribution is -0.139. The summed E-state index contributed by atoms with van der Waals surface area (Å²) in [5.41, 5.74) is 1.16. The molecule has 3 fully saturated rings. The Bertz CT molecular complexity index is 3260. The van der Waals surface area contributed by atoms with E-state index in [2.05, 4.69) is 27.5 Å². The highest BCUT2D eigenvalue weighted by molar-refractivity contribution is 7.10. The van der Waals surface area contributed by atoms with E-state index in [1.807, 2.05) is 34.1 Å². The van der Waals surface area contributed by atoms with Gasteiger partial charge in [-0.25, -0.2) is 14.4 Å². The number of nitrogens with zero attached hydrogens (tertiary/aromatic N) is 7. The fourth-order valence-electron chi connectivity index (χ4n) is 10.8. The van der Waals surface area contributed by atoms with Crippen LogP contribution in [-0.4, -0.2) is 156 Å². The van der Waals surface area contributed by atoms with E-state index in [1.165, 1.54) is 23.5 Å². The topological polar surface area (TPSA) is 212 Å². The first-order chi connectivity index (χ1) is 38.7. The molecule has 0 bridgehead atoms. The molecule has 4 N–H and O–H groups in total. The number of piperazine rings is 1. The van der Waals surface area contributed by atoms with E-state index in [4.69, 9.17) is 31.0 Å². The van der Waals surface area contributed by atoms with E-state index in [0.29, 0.717) is 83.1 Å². The maximum absolute atomic E-state index is 17.0. The molecule has 80 heavy (non-hydrogen) atoms. The molecule has 2 aliphatic heterocycles. The molecule has 6 aromatic rings. The van der Waals surface area contributed by atoms with E-state index in [1.54, 1.807) is 72.6 Å². The van der Waals surface area contributed by atoms with Crippen LogP contribution in [0.4, 0.5) is 16.2 Å². The van der Waals surface area contributed by atoms with Crippen molar-refractivity contribution in [1.29, 1.82) is 0 Å². The van der Waals surface area contributed by atoms with E-state index in [9.17, 15) is 29.1 Å². The van der Waals surface area contributed by atoms with Gasteiger partial charge in [-0.2, -0.15) is 4.98 Å². The molecule has 2 aromatic heterocycles. The molecule has 0 unspecified atom stereocenters. The van der Waals surface area contributed by atoms with Crippen molar-refractivity contribution in [3.8, 4) is 22.6 Å². The van der Waals surface area contributed by atoms with Crippen molar-refractivity contribution < 1.29 is 42.9 Å². The summed E-state index contributed by atoms with van der Waals surface area (Å²) >= 11 is 8.26. The van der Waals surface area contributed by atoms with Gasteiger partial charge in [0.05, 0.1) is 30.3 Å². The van der Waals surface area contributed by atoms with Gasteiger partial charge in [-0.3, -0.25) is 24.0 Å². The van der Waals surface area contributed by atoms with Gasteiger partial charge in [0.25, 0.3) is 0 Å². The van der Waals surface area contributed by atoms with Crippen LogP contribution in [0.5, 0.6) is 11.5 Å². The summed E-state index contributed by atoms with van der Waals surface area (Å²) < 4.78 is 28.8. The van der Waals surface area contributed by atoms with E-state index in [-0.39, 0.29) is 108 Å². The first-order valence-electron chi connectivity index (χ1n) is 27.4. The fraction of sp³-hybridized carbons (Fsp3) is 0.424. The molecule has 0 spiro atoms. The summed E-state index contributed by atoms with van der Waals surface area (Å²) in [6.45, 7) is 8.62. The van der Waals surface area contributed by atoms with Gasteiger partial charge < -0.3 is 50.1 Å². The number of thiazole rings is 1. The highest BCUT2D eigenvalue weighted by Crippen LogP contribution is 2.43. The third-order valence-corrected chi connectivity index (χ3v) is 16.6. The number of aromatic hydroxyl groups is 1. The van der Waals surface area contributed by atoms with Crippen LogP contribution in [0, 0.1) is 11.7 Å². The van der Waals surface area contributed by atoms with Crippen LogP contribution in [0.2, 0.25) is 5.02 Å². The number of phenols is 1. The number of carbonyl (C=O) groups excluding carboxylic acids is 5. The Morgan fingerprint density at radius 3 is 2.49 bits per heavy atom. The Morgan fingerprint density at radius 1 is 0.925 bits per heavy atom. The number of hydrogen-bond donors (Lipinski definition) is 4. The minimum Gasteiger partial charge on any atom is -0.508 e. The third-order valence-electron chi connectivity index (χ3n) is 15.3. The molecule has 9 rings (SSSR count). The van der Waals surface area contributed by atoms with Gasteiger partial charge in [0, 0.05) is 81.2 Å². The molecule has 4 amide bonds. The Balaban J connectivity index is 0.765. The number of halogens is 2. The lowest BCUT2D eigenvalue weighted by Crippen LogP contribution is -2.55. The number of amides is 4. The average molecular weight is 1130 g/mol. The van der Waals surface area contributed by atoms with Crippen LogP contribution >= 0.6 is 22.9 Å². The summed E-state index contributed by atoms with van der Waals surface area (Å²) in [6, 6.07) is 17.6. The first kappa shape index (κ1) is 57.4. The van der Waals surface area contributed by atoms with Gasteiger partial charge in [0.15, 0.2) is 5.82 Å². The van der Waals surface area contributed by atoms with E-state index >= 15 is 4.39 Å². The Labute approximate surface area is 473 Å². The Kier molecular flexibility index (Phi) is 18.9. The smallest absolute Gasteiger partial charge is 0.246 e. The Morgan fingerprint density at radius 2 is 1.71 bits per heavy atom. The van der Waals surface area contributed by atoms with Gasteiger partial charge in [-0.15, -0.1) is 11.3 Å². The van der Waals surface area contributed by atoms with Crippen LogP contribution < -0.4 is 25.6 Å².